The first-order valence-corrected chi connectivity index (χ1v) is 9.27. The molecule has 3 heterocycles. The van der Waals surface area contributed by atoms with Gasteiger partial charge in [-0.25, -0.2) is 4.79 Å². The SMILES string of the molecule is CN1Cc2cc(CC(=O)C[C@H]3Cc4cccc(C(=O)O)c4OB3O)cnc2C1. The number of carbonyl (C=O) groups is 2. The van der Waals surface area contributed by atoms with Gasteiger partial charge in [-0.3, -0.25) is 14.7 Å². The van der Waals surface area contributed by atoms with E-state index in [-0.39, 0.29) is 29.9 Å². The van der Waals surface area contributed by atoms with Crippen molar-refractivity contribution >= 4 is 18.9 Å². The van der Waals surface area contributed by atoms with Crippen molar-refractivity contribution in [3.05, 3.63) is 58.4 Å². The molecule has 1 atom stereocenters. The molecule has 0 amide bonds. The van der Waals surface area contributed by atoms with Crippen molar-refractivity contribution < 1.29 is 24.4 Å². The molecule has 1 aromatic carbocycles. The van der Waals surface area contributed by atoms with E-state index in [4.69, 9.17) is 4.65 Å². The van der Waals surface area contributed by atoms with Crippen LogP contribution in [0, 0.1) is 0 Å². The number of carboxylic acid groups (broad SMARTS) is 1. The van der Waals surface area contributed by atoms with Crippen LogP contribution in [-0.4, -0.2) is 45.9 Å². The second-order valence-electron chi connectivity index (χ2n) is 7.61. The van der Waals surface area contributed by atoms with Crippen molar-refractivity contribution in [2.24, 2.45) is 0 Å². The molecule has 0 fully saturated rings. The molecule has 28 heavy (non-hydrogen) atoms. The van der Waals surface area contributed by atoms with E-state index in [1.807, 2.05) is 13.1 Å². The number of carbonyl (C=O) groups excluding carboxylic acids is 1. The molecule has 0 spiro atoms. The molecule has 0 bridgehead atoms. The number of ketones is 1. The lowest BCUT2D eigenvalue weighted by Gasteiger charge is -2.28. The normalized spacial score (nSPS) is 18.4. The van der Waals surface area contributed by atoms with Gasteiger partial charge in [0, 0.05) is 37.9 Å². The smallest absolute Gasteiger partial charge is 0.526 e. The highest BCUT2D eigenvalue weighted by atomic mass is 16.5. The average Bonchev–Trinajstić information content (AvgIpc) is 3.01. The van der Waals surface area contributed by atoms with Gasteiger partial charge in [-0.15, -0.1) is 0 Å². The Bertz CT molecular complexity index is 948. The van der Waals surface area contributed by atoms with Crippen molar-refractivity contribution in [3.63, 3.8) is 0 Å². The molecule has 2 N–H and O–H groups in total. The van der Waals surface area contributed by atoms with E-state index in [0.29, 0.717) is 12.0 Å². The van der Waals surface area contributed by atoms with E-state index < -0.39 is 18.9 Å². The topological polar surface area (TPSA) is 100.0 Å². The average molecular weight is 380 g/mol. The van der Waals surface area contributed by atoms with Crippen LogP contribution in [0.3, 0.4) is 0 Å². The minimum Gasteiger partial charge on any atom is -0.535 e. The number of hydrogen-bond acceptors (Lipinski definition) is 6. The number of benzene rings is 1. The molecule has 2 aliphatic heterocycles. The predicted molar refractivity (Wildman–Crippen MR) is 102 cm³/mol. The van der Waals surface area contributed by atoms with Gasteiger partial charge in [-0.1, -0.05) is 18.2 Å². The Morgan fingerprint density at radius 3 is 2.93 bits per heavy atom. The number of aromatic carboxylic acids is 1. The Balaban J connectivity index is 1.43. The number of rotatable bonds is 5. The molecular weight excluding hydrogens is 359 g/mol. The lowest BCUT2D eigenvalue weighted by Crippen LogP contribution is -2.36. The van der Waals surface area contributed by atoms with Gasteiger partial charge in [0.2, 0.25) is 0 Å². The van der Waals surface area contributed by atoms with Gasteiger partial charge in [0.1, 0.15) is 11.5 Å². The zero-order chi connectivity index (χ0) is 19.8. The number of hydrogen-bond donors (Lipinski definition) is 2. The Hall–Kier alpha value is -2.71. The summed E-state index contributed by atoms with van der Waals surface area (Å²) in [5.74, 6) is -1.32. The second-order valence-corrected chi connectivity index (χ2v) is 7.61. The Morgan fingerprint density at radius 2 is 2.14 bits per heavy atom. The molecule has 0 saturated heterocycles. The minimum atomic E-state index is -1.20. The van der Waals surface area contributed by atoms with E-state index in [2.05, 4.69) is 9.88 Å². The fourth-order valence-electron chi connectivity index (χ4n) is 3.99. The Morgan fingerprint density at radius 1 is 1.32 bits per heavy atom. The van der Waals surface area contributed by atoms with E-state index >= 15 is 0 Å². The van der Waals surface area contributed by atoms with E-state index in [1.165, 1.54) is 6.07 Å². The van der Waals surface area contributed by atoms with Crippen LogP contribution in [-0.2, 0) is 30.7 Å². The number of fused-ring (bicyclic) bond motifs is 2. The number of para-hydroxylation sites is 1. The quantitative estimate of drug-likeness (QED) is 0.762. The molecule has 8 heteroatoms. The third kappa shape index (κ3) is 3.65. The first-order chi connectivity index (χ1) is 13.4. The van der Waals surface area contributed by atoms with Crippen LogP contribution in [0.5, 0.6) is 5.75 Å². The van der Waals surface area contributed by atoms with E-state index in [0.717, 1.165) is 29.9 Å². The van der Waals surface area contributed by atoms with Gasteiger partial charge in [-0.05, 0) is 36.2 Å². The van der Waals surface area contributed by atoms with Crippen molar-refractivity contribution in [1.82, 2.24) is 9.88 Å². The predicted octanol–water partition coefficient (Wildman–Crippen LogP) is 1.71. The summed E-state index contributed by atoms with van der Waals surface area (Å²) < 4.78 is 5.46. The number of pyridine rings is 1. The summed E-state index contributed by atoms with van der Waals surface area (Å²) in [6, 6.07) is 6.89. The monoisotopic (exact) mass is 380 g/mol. The summed E-state index contributed by atoms with van der Waals surface area (Å²) in [4.78, 5) is 30.5. The van der Waals surface area contributed by atoms with Gasteiger partial charge in [0.15, 0.2) is 0 Å². The largest absolute Gasteiger partial charge is 0.535 e. The van der Waals surface area contributed by atoms with Crippen LogP contribution in [0.1, 0.15) is 39.2 Å². The first-order valence-electron chi connectivity index (χ1n) is 9.27. The van der Waals surface area contributed by atoms with E-state index in [1.54, 1.807) is 18.3 Å². The lowest BCUT2D eigenvalue weighted by atomic mass is 9.64. The maximum atomic E-state index is 12.6. The highest BCUT2D eigenvalue weighted by Gasteiger charge is 2.37. The van der Waals surface area contributed by atoms with Crippen LogP contribution < -0.4 is 4.65 Å². The van der Waals surface area contributed by atoms with Gasteiger partial charge in [0.25, 0.3) is 0 Å². The lowest BCUT2D eigenvalue weighted by molar-refractivity contribution is -0.118. The summed E-state index contributed by atoms with van der Waals surface area (Å²) in [6.45, 7) is 1.66. The first kappa shape index (κ1) is 18.6. The third-order valence-electron chi connectivity index (χ3n) is 5.32. The molecule has 2 aliphatic rings. The number of nitrogens with zero attached hydrogens (tertiary/aromatic N) is 2. The van der Waals surface area contributed by atoms with E-state index in [9.17, 15) is 19.7 Å². The highest BCUT2D eigenvalue weighted by molar-refractivity contribution is 6.47. The molecule has 0 aliphatic carbocycles. The fraction of sp³-hybridized carbons (Fsp3) is 0.350. The van der Waals surface area contributed by atoms with Crippen LogP contribution in [0.15, 0.2) is 30.5 Å². The second kappa shape index (κ2) is 7.37. The Kier molecular flexibility index (Phi) is 4.91. The van der Waals surface area contributed by atoms with Crippen LogP contribution in [0.2, 0.25) is 5.82 Å². The molecule has 0 saturated carbocycles. The molecule has 1 aromatic heterocycles. The molecule has 0 unspecified atom stereocenters. The summed E-state index contributed by atoms with van der Waals surface area (Å²) in [5.41, 5.74) is 3.81. The molecule has 2 aromatic rings. The number of carboxylic acids is 1. The zero-order valence-electron chi connectivity index (χ0n) is 15.6. The maximum absolute atomic E-state index is 12.6. The summed E-state index contributed by atoms with van der Waals surface area (Å²) in [6.07, 6.45) is 2.57. The number of aromatic nitrogens is 1. The number of Topliss-reactive ketones (excluding diaryl/α,β-unsaturated/α-hetero) is 1. The third-order valence-corrected chi connectivity index (χ3v) is 5.32. The summed E-state index contributed by atoms with van der Waals surface area (Å²) in [5, 5.41) is 19.6. The van der Waals surface area contributed by atoms with Crippen LogP contribution in [0.25, 0.3) is 0 Å². The fourth-order valence-corrected chi connectivity index (χ4v) is 3.99. The summed E-state index contributed by atoms with van der Waals surface area (Å²) in [7, 11) is 0.827. The van der Waals surface area contributed by atoms with Crippen LogP contribution in [0.4, 0.5) is 0 Å². The summed E-state index contributed by atoms with van der Waals surface area (Å²) >= 11 is 0. The molecule has 144 valence electrons. The van der Waals surface area contributed by atoms with Gasteiger partial charge in [-0.2, -0.15) is 0 Å². The highest BCUT2D eigenvalue weighted by Crippen LogP contribution is 2.36. The van der Waals surface area contributed by atoms with Gasteiger partial charge < -0.3 is 14.8 Å². The standard InChI is InChI=1S/C20H21BN2O5/c1-23-10-14-5-12(9-22-18(14)11-23)6-16(24)8-15-7-13-3-2-4-17(20(25)26)19(13)28-21(15)27/h2-5,9,15,27H,6-8,10-11H2,1H3,(H,25,26)/t15-/m1/s1. The van der Waals surface area contributed by atoms with Crippen molar-refractivity contribution in [3.8, 4) is 5.75 Å². The Labute approximate surface area is 163 Å². The van der Waals surface area contributed by atoms with Crippen LogP contribution >= 0.6 is 0 Å². The zero-order valence-corrected chi connectivity index (χ0v) is 15.6. The molecule has 0 radical (unpaired) electrons. The maximum Gasteiger partial charge on any atom is 0.526 e. The molecular formula is C20H21BN2O5. The van der Waals surface area contributed by atoms with Crippen molar-refractivity contribution in [1.29, 1.82) is 0 Å². The van der Waals surface area contributed by atoms with Gasteiger partial charge >= 0.3 is 13.1 Å². The molecule has 4 rings (SSSR count). The van der Waals surface area contributed by atoms with Crippen molar-refractivity contribution in [2.75, 3.05) is 7.05 Å². The van der Waals surface area contributed by atoms with Gasteiger partial charge in [0.05, 0.1) is 11.3 Å². The van der Waals surface area contributed by atoms with Crippen molar-refractivity contribution in [2.45, 2.75) is 38.2 Å². The molecule has 7 nitrogen and oxygen atoms in total. The minimum absolute atomic E-state index is 0.00130.